The second-order valence-corrected chi connectivity index (χ2v) is 7.19. The maximum Gasteiger partial charge on any atom is 0.320 e. The van der Waals surface area contributed by atoms with Crippen LogP contribution in [0, 0.1) is 6.92 Å². The molecule has 0 radical (unpaired) electrons. The molecular formula is C23H29NO4. The van der Waals surface area contributed by atoms with E-state index in [-0.39, 0.29) is 6.04 Å². The first-order chi connectivity index (χ1) is 13.6. The lowest BCUT2D eigenvalue weighted by atomic mass is 9.89. The average molecular weight is 383 g/mol. The predicted octanol–water partition coefficient (Wildman–Crippen LogP) is 4.43. The quantitative estimate of drug-likeness (QED) is 0.766. The van der Waals surface area contributed by atoms with E-state index in [2.05, 4.69) is 24.0 Å². The van der Waals surface area contributed by atoms with E-state index in [1.165, 1.54) is 0 Å². The van der Waals surface area contributed by atoms with Gasteiger partial charge in [0.15, 0.2) is 11.5 Å². The summed E-state index contributed by atoms with van der Waals surface area (Å²) >= 11 is 0. The van der Waals surface area contributed by atoms with Gasteiger partial charge in [0.05, 0.1) is 19.8 Å². The molecule has 0 amide bonds. The van der Waals surface area contributed by atoms with Crippen molar-refractivity contribution >= 4 is 5.97 Å². The van der Waals surface area contributed by atoms with E-state index in [4.69, 9.17) is 9.47 Å². The fraction of sp³-hybridized carbons (Fsp3) is 0.435. The number of likely N-dealkylation sites (tertiary alicyclic amines) is 1. The van der Waals surface area contributed by atoms with Crippen LogP contribution in [0.2, 0.25) is 0 Å². The van der Waals surface area contributed by atoms with Crippen molar-refractivity contribution in [2.45, 2.75) is 45.2 Å². The first-order valence-electron chi connectivity index (χ1n) is 9.91. The van der Waals surface area contributed by atoms with Gasteiger partial charge in [-0.15, -0.1) is 0 Å². The molecule has 1 heterocycles. The molecule has 0 spiro atoms. The summed E-state index contributed by atoms with van der Waals surface area (Å²) in [6.45, 7) is 5.31. The van der Waals surface area contributed by atoms with Crippen molar-refractivity contribution in [2.75, 3.05) is 20.3 Å². The fourth-order valence-electron chi connectivity index (χ4n) is 4.10. The van der Waals surface area contributed by atoms with E-state index in [0.29, 0.717) is 24.5 Å². The third kappa shape index (κ3) is 4.14. The van der Waals surface area contributed by atoms with E-state index in [1.54, 1.807) is 7.11 Å². The summed E-state index contributed by atoms with van der Waals surface area (Å²) in [4.78, 5) is 14.1. The summed E-state index contributed by atoms with van der Waals surface area (Å²) in [7, 11) is 1.63. The van der Waals surface area contributed by atoms with Gasteiger partial charge in [0.25, 0.3) is 0 Å². The van der Waals surface area contributed by atoms with Gasteiger partial charge in [0, 0.05) is 0 Å². The second-order valence-electron chi connectivity index (χ2n) is 7.19. The van der Waals surface area contributed by atoms with Gasteiger partial charge < -0.3 is 14.6 Å². The van der Waals surface area contributed by atoms with Crippen LogP contribution in [0.1, 0.15) is 48.9 Å². The average Bonchev–Trinajstić information content (AvgIpc) is 2.70. The molecule has 3 rings (SSSR count). The van der Waals surface area contributed by atoms with Gasteiger partial charge >= 0.3 is 5.97 Å². The standard InChI is InChI=1S/C23H29NO4/c1-4-28-21-15-17(12-13-20(21)27-3)22(18-10-6-5-9-16(18)2)24-14-8-7-11-19(24)23(25)26/h5-6,9-10,12-13,15,19,22H,4,7-8,11,14H2,1-3H3,(H,25,26). The predicted molar refractivity (Wildman–Crippen MR) is 109 cm³/mol. The van der Waals surface area contributed by atoms with Crippen LogP contribution in [-0.2, 0) is 4.79 Å². The van der Waals surface area contributed by atoms with Crippen molar-refractivity contribution in [3.05, 3.63) is 59.2 Å². The maximum atomic E-state index is 12.0. The number of piperidine rings is 1. The first kappa shape index (κ1) is 20.2. The summed E-state index contributed by atoms with van der Waals surface area (Å²) in [5.41, 5.74) is 3.30. The molecule has 2 atom stereocenters. The summed E-state index contributed by atoms with van der Waals surface area (Å²) in [6.07, 6.45) is 2.62. The van der Waals surface area contributed by atoms with Crippen molar-refractivity contribution in [1.82, 2.24) is 4.90 Å². The van der Waals surface area contributed by atoms with Gasteiger partial charge in [-0.2, -0.15) is 0 Å². The van der Waals surface area contributed by atoms with Gasteiger partial charge in [0.1, 0.15) is 6.04 Å². The topological polar surface area (TPSA) is 59.0 Å². The number of aryl methyl sites for hydroxylation is 1. The highest BCUT2D eigenvalue weighted by atomic mass is 16.5. The molecule has 150 valence electrons. The van der Waals surface area contributed by atoms with Gasteiger partial charge in [-0.25, -0.2) is 0 Å². The maximum absolute atomic E-state index is 12.0. The Morgan fingerprint density at radius 3 is 2.68 bits per heavy atom. The van der Waals surface area contributed by atoms with Crippen molar-refractivity contribution in [3.63, 3.8) is 0 Å². The Kier molecular flexibility index (Phi) is 6.57. The Bertz CT molecular complexity index is 820. The fourth-order valence-corrected chi connectivity index (χ4v) is 4.10. The highest BCUT2D eigenvalue weighted by molar-refractivity contribution is 5.73. The van der Waals surface area contributed by atoms with Gasteiger partial charge in [0.2, 0.25) is 0 Å². The zero-order valence-electron chi connectivity index (χ0n) is 16.9. The van der Waals surface area contributed by atoms with Crippen LogP contribution in [0.4, 0.5) is 0 Å². The number of aliphatic carboxylic acids is 1. The van der Waals surface area contributed by atoms with Crippen molar-refractivity contribution in [2.24, 2.45) is 0 Å². The molecule has 1 saturated heterocycles. The number of nitrogens with zero attached hydrogens (tertiary/aromatic N) is 1. The number of ether oxygens (including phenoxy) is 2. The van der Waals surface area contributed by atoms with Crippen LogP contribution in [0.15, 0.2) is 42.5 Å². The molecule has 1 aliphatic rings. The molecule has 0 aromatic heterocycles. The molecule has 0 bridgehead atoms. The Hall–Kier alpha value is -2.53. The van der Waals surface area contributed by atoms with E-state index in [1.807, 2.05) is 37.3 Å². The molecule has 5 heteroatoms. The van der Waals surface area contributed by atoms with Crippen LogP contribution in [0.5, 0.6) is 11.5 Å². The number of benzene rings is 2. The van der Waals surface area contributed by atoms with Gasteiger partial charge in [-0.3, -0.25) is 9.69 Å². The molecule has 2 aromatic carbocycles. The van der Waals surface area contributed by atoms with Crippen LogP contribution in [0.25, 0.3) is 0 Å². The van der Waals surface area contributed by atoms with E-state index in [0.717, 1.165) is 36.1 Å². The normalized spacial score (nSPS) is 18.5. The van der Waals surface area contributed by atoms with Crippen LogP contribution in [0.3, 0.4) is 0 Å². The van der Waals surface area contributed by atoms with Gasteiger partial charge in [-0.1, -0.05) is 36.8 Å². The second kappa shape index (κ2) is 9.11. The van der Waals surface area contributed by atoms with E-state index < -0.39 is 12.0 Å². The lowest BCUT2D eigenvalue weighted by Gasteiger charge is -2.40. The zero-order chi connectivity index (χ0) is 20.1. The molecule has 0 saturated carbocycles. The van der Waals surface area contributed by atoms with E-state index >= 15 is 0 Å². The largest absolute Gasteiger partial charge is 0.493 e. The first-order valence-corrected chi connectivity index (χ1v) is 9.91. The monoisotopic (exact) mass is 383 g/mol. The lowest BCUT2D eigenvalue weighted by molar-refractivity contribution is -0.145. The van der Waals surface area contributed by atoms with Crippen molar-refractivity contribution in [1.29, 1.82) is 0 Å². The molecular weight excluding hydrogens is 354 g/mol. The van der Waals surface area contributed by atoms with Crippen LogP contribution >= 0.6 is 0 Å². The number of carboxylic acids is 1. The molecule has 1 fully saturated rings. The summed E-state index contributed by atoms with van der Waals surface area (Å²) in [5.74, 6) is 0.615. The molecule has 1 N–H and O–H groups in total. The van der Waals surface area contributed by atoms with Crippen LogP contribution in [-0.4, -0.2) is 42.3 Å². The minimum atomic E-state index is -0.753. The Balaban J connectivity index is 2.13. The Morgan fingerprint density at radius 1 is 1.21 bits per heavy atom. The highest BCUT2D eigenvalue weighted by Gasteiger charge is 2.35. The highest BCUT2D eigenvalue weighted by Crippen LogP contribution is 2.39. The van der Waals surface area contributed by atoms with Crippen molar-refractivity contribution < 1.29 is 19.4 Å². The summed E-state index contributed by atoms with van der Waals surface area (Å²) in [6, 6.07) is 13.5. The molecule has 0 aliphatic carbocycles. The third-order valence-electron chi connectivity index (χ3n) is 5.45. The smallest absolute Gasteiger partial charge is 0.320 e. The molecule has 2 unspecified atom stereocenters. The molecule has 1 aliphatic heterocycles. The zero-order valence-corrected chi connectivity index (χ0v) is 16.9. The lowest BCUT2D eigenvalue weighted by Crippen LogP contribution is -2.47. The Labute approximate surface area is 166 Å². The molecule has 28 heavy (non-hydrogen) atoms. The van der Waals surface area contributed by atoms with Gasteiger partial charge in [-0.05, 0) is 62.1 Å². The van der Waals surface area contributed by atoms with E-state index in [9.17, 15) is 9.90 Å². The number of hydrogen-bond donors (Lipinski definition) is 1. The number of rotatable bonds is 7. The Morgan fingerprint density at radius 2 is 2.00 bits per heavy atom. The van der Waals surface area contributed by atoms with Crippen LogP contribution < -0.4 is 9.47 Å². The summed E-state index contributed by atoms with van der Waals surface area (Å²) in [5, 5.41) is 9.86. The minimum Gasteiger partial charge on any atom is -0.493 e. The third-order valence-corrected chi connectivity index (χ3v) is 5.45. The molecule has 2 aromatic rings. The number of methoxy groups -OCH3 is 1. The summed E-state index contributed by atoms with van der Waals surface area (Å²) < 4.78 is 11.2. The number of carbonyl (C=O) groups is 1. The number of hydrogen-bond acceptors (Lipinski definition) is 4. The minimum absolute atomic E-state index is 0.146. The SMILES string of the molecule is CCOc1cc(C(c2ccccc2C)N2CCCCC2C(=O)O)ccc1OC. The van der Waals surface area contributed by atoms with Crippen molar-refractivity contribution in [3.8, 4) is 11.5 Å². The number of carboxylic acid groups (broad SMARTS) is 1. The molecule has 5 nitrogen and oxygen atoms in total.